The van der Waals surface area contributed by atoms with Crippen LogP contribution in [0, 0.1) is 13.8 Å². The number of amides is 2. The molecule has 2 amide bonds. The molecule has 0 bridgehead atoms. The van der Waals surface area contributed by atoms with Gasteiger partial charge in [0.15, 0.2) is 6.61 Å². The van der Waals surface area contributed by atoms with Crippen molar-refractivity contribution in [2.45, 2.75) is 32.9 Å². The molecular weight excluding hydrogens is 388 g/mol. The van der Waals surface area contributed by atoms with Crippen LogP contribution in [0.2, 0.25) is 0 Å². The van der Waals surface area contributed by atoms with Gasteiger partial charge in [0.25, 0.3) is 5.91 Å². The van der Waals surface area contributed by atoms with Crippen LogP contribution in [0.25, 0.3) is 0 Å². The van der Waals surface area contributed by atoms with E-state index < -0.39 is 6.04 Å². The van der Waals surface area contributed by atoms with E-state index in [4.69, 9.17) is 4.74 Å². The van der Waals surface area contributed by atoms with Gasteiger partial charge in [0.05, 0.1) is 6.04 Å². The Balaban J connectivity index is 1.66. The van der Waals surface area contributed by atoms with Crippen molar-refractivity contribution in [1.82, 2.24) is 10.6 Å². The smallest absolute Gasteiger partial charge is 0.258 e. The van der Waals surface area contributed by atoms with Crippen molar-refractivity contribution in [2.75, 3.05) is 6.61 Å². The minimum Gasteiger partial charge on any atom is -0.484 e. The largest absolute Gasteiger partial charge is 0.484 e. The van der Waals surface area contributed by atoms with Gasteiger partial charge in [-0.05, 0) is 55.2 Å². The predicted octanol–water partition coefficient (Wildman–Crippen LogP) is 4.09. The molecule has 3 rings (SSSR count). The van der Waals surface area contributed by atoms with E-state index in [9.17, 15) is 9.59 Å². The second kappa shape index (κ2) is 10.4. The Morgan fingerprint density at radius 2 is 1.45 bits per heavy atom. The van der Waals surface area contributed by atoms with Gasteiger partial charge in [-0.3, -0.25) is 9.59 Å². The Morgan fingerprint density at radius 1 is 0.806 bits per heavy atom. The van der Waals surface area contributed by atoms with Gasteiger partial charge in [0, 0.05) is 0 Å². The molecular formula is C26H28N2O3. The molecule has 0 saturated heterocycles. The fourth-order valence-corrected chi connectivity index (χ4v) is 3.23. The number of aryl methyl sites for hydroxylation is 2. The van der Waals surface area contributed by atoms with E-state index in [0.29, 0.717) is 5.75 Å². The standard InChI is InChI=1S/C26H28N2O3/c1-18-14-15-22(16-19(18)2)25(21-10-6-4-7-11-21)28-26(30)20(3)27-24(29)17-31-23-12-8-5-9-13-23/h4-16,20,25H,17H2,1-3H3,(H,27,29)(H,28,30)/t20-,25+/m0/s1. The summed E-state index contributed by atoms with van der Waals surface area (Å²) in [5.74, 6) is -0.0114. The summed E-state index contributed by atoms with van der Waals surface area (Å²) in [6, 6.07) is 24.0. The van der Waals surface area contributed by atoms with Crippen LogP contribution in [0.4, 0.5) is 0 Å². The lowest BCUT2D eigenvalue weighted by Crippen LogP contribution is -2.47. The molecule has 2 atom stereocenters. The van der Waals surface area contributed by atoms with Gasteiger partial charge in [-0.25, -0.2) is 0 Å². The summed E-state index contributed by atoms with van der Waals surface area (Å²) in [6.07, 6.45) is 0. The summed E-state index contributed by atoms with van der Waals surface area (Å²) < 4.78 is 5.45. The highest BCUT2D eigenvalue weighted by Gasteiger charge is 2.22. The third-order valence-corrected chi connectivity index (χ3v) is 5.17. The maximum atomic E-state index is 12.9. The maximum Gasteiger partial charge on any atom is 0.258 e. The molecule has 31 heavy (non-hydrogen) atoms. The highest BCUT2D eigenvalue weighted by atomic mass is 16.5. The van der Waals surface area contributed by atoms with Crippen LogP contribution in [0.15, 0.2) is 78.9 Å². The van der Waals surface area contributed by atoms with Gasteiger partial charge < -0.3 is 15.4 Å². The zero-order valence-electron chi connectivity index (χ0n) is 18.1. The second-order valence-electron chi connectivity index (χ2n) is 7.59. The van der Waals surface area contributed by atoms with Gasteiger partial charge in [-0.1, -0.05) is 66.7 Å². The van der Waals surface area contributed by atoms with Gasteiger partial charge >= 0.3 is 0 Å². The molecule has 5 heteroatoms. The highest BCUT2D eigenvalue weighted by Crippen LogP contribution is 2.24. The van der Waals surface area contributed by atoms with Crippen LogP contribution < -0.4 is 15.4 Å². The Hall–Kier alpha value is -3.60. The number of hydrogen-bond donors (Lipinski definition) is 2. The van der Waals surface area contributed by atoms with Crippen LogP contribution in [0.5, 0.6) is 5.75 Å². The Labute approximate surface area is 183 Å². The highest BCUT2D eigenvalue weighted by molar-refractivity contribution is 5.88. The summed E-state index contributed by atoms with van der Waals surface area (Å²) in [5, 5.41) is 5.78. The molecule has 2 N–H and O–H groups in total. The lowest BCUT2D eigenvalue weighted by atomic mass is 9.95. The van der Waals surface area contributed by atoms with Crippen molar-refractivity contribution >= 4 is 11.8 Å². The second-order valence-corrected chi connectivity index (χ2v) is 7.59. The number of hydrogen-bond acceptors (Lipinski definition) is 3. The molecule has 0 aliphatic carbocycles. The third kappa shape index (κ3) is 6.19. The summed E-state index contributed by atoms with van der Waals surface area (Å²) in [7, 11) is 0. The first kappa shape index (κ1) is 22.1. The molecule has 0 unspecified atom stereocenters. The van der Waals surface area contributed by atoms with E-state index >= 15 is 0 Å². The zero-order valence-corrected chi connectivity index (χ0v) is 18.1. The number of rotatable bonds is 8. The quantitative estimate of drug-likeness (QED) is 0.581. The fourth-order valence-electron chi connectivity index (χ4n) is 3.23. The Bertz CT molecular complexity index is 1020. The topological polar surface area (TPSA) is 67.4 Å². The zero-order chi connectivity index (χ0) is 22.2. The van der Waals surface area contributed by atoms with Crippen LogP contribution in [0.1, 0.15) is 35.2 Å². The number of carbonyl (C=O) groups is 2. The Kier molecular flexibility index (Phi) is 7.44. The lowest BCUT2D eigenvalue weighted by Gasteiger charge is -2.23. The molecule has 0 aliphatic heterocycles. The van der Waals surface area contributed by atoms with E-state index in [-0.39, 0.29) is 24.5 Å². The van der Waals surface area contributed by atoms with Crippen molar-refractivity contribution in [3.8, 4) is 5.75 Å². The molecule has 0 spiro atoms. The minimum atomic E-state index is -0.704. The van der Waals surface area contributed by atoms with Crippen molar-refractivity contribution in [2.24, 2.45) is 0 Å². The first-order chi connectivity index (χ1) is 14.9. The van der Waals surface area contributed by atoms with E-state index in [1.54, 1.807) is 19.1 Å². The number of para-hydroxylation sites is 1. The van der Waals surface area contributed by atoms with Gasteiger partial charge in [-0.15, -0.1) is 0 Å². The first-order valence-corrected chi connectivity index (χ1v) is 10.3. The SMILES string of the molecule is Cc1ccc([C@H](NC(=O)[C@H](C)NC(=O)COc2ccccc2)c2ccccc2)cc1C. The van der Waals surface area contributed by atoms with Crippen molar-refractivity contribution in [3.63, 3.8) is 0 Å². The van der Waals surface area contributed by atoms with Gasteiger partial charge in [-0.2, -0.15) is 0 Å². The molecule has 0 heterocycles. The van der Waals surface area contributed by atoms with E-state index in [1.807, 2.05) is 54.6 Å². The normalized spacial score (nSPS) is 12.5. The van der Waals surface area contributed by atoms with Crippen LogP contribution in [-0.2, 0) is 9.59 Å². The molecule has 3 aromatic carbocycles. The van der Waals surface area contributed by atoms with Crippen LogP contribution >= 0.6 is 0 Å². The number of benzene rings is 3. The minimum absolute atomic E-state index is 0.152. The number of ether oxygens (including phenoxy) is 1. The summed E-state index contributed by atoms with van der Waals surface area (Å²) in [5.41, 5.74) is 4.33. The molecule has 160 valence electrons. The van der Waals surface area contributed by atoms with Crippen molar-refractivity contribution in [3.05, 3.63) is 101 Å². The molecule has 0 aliphatic rings. The number of carbonyl (C=O) groups excluding carboxylic acids is 2. The molecule has 0 saturated carbocycles. The lowest BCUT2D eigenvalue weighted by molar-refractivity contribution is -0.129. The molecule has 3 aromatic rings. The first-order valence-electron chi connectivity index (χ1n) is 10.3. The average Bonchev–Trinajstić information content (AvgIpc) is 2.79. The average molecular weight is 417 g/mol. The Morgan fingerprint density at radius 3 is 2.10 bits per heavy atom. The molecule has 5 nitrogen and oxygen atoms in total. The summed E-state index contributed by atoms with van der Waals surface area (Å²) in [4.78, 5) is 25.1. The number of nitrogens with one attached hydrogen (secondary N) is 2. The van der Waals surface area contributed by atoms with Crippen LogP contribution in [0.3, 0.4) is 0 Å². The molecule has 0 aromatic heterocycles. The fraction of sp³-hybridized carbons (Fsp3) is 0.231. The maximum absolute atomic E-state index is 12.9. The van der Waals surface area contributed by atoms with E-state index in [2.05, 4.69) is 36.6 Å². The van der Waals surface area contributed by atoms with Gasteiger partial charge in [0.2, 0.25) is 5.91 Å². The van der Waals surface area contributed by atoms with Crippen LogP contribution in [-0.4, -0.2) is 24.5 Å². The van der Waals surface area contributed by atoms with E-state index in [1.165, 1.54) is 5.56 Å². The monoisotopic (exact) mass is 416 g/mol. The van der Waals surface area contributed by atoms with E-state index in [0.717, 1.165) is 16.7 Å². The molecule has 0 radical (unpaired) electrons. The molecule has 0 fully saturated rings. The van der Waals surface area contributed by atoms with Crippen molar-refractivity contribution in [1.29, 1.82) is 0 Å². The summed E-state index contributed by atoms with van der Waals surface area (Å²) in [6.45, 7) is 5.63. The predicted molar refractivity (Wildman–Crippen MR) is 122 cm³/mol. The third-order valence-electron chi connectivity index (χ3n) is 5.17. The van der Waals surface area contributed by atoms with Gasteiger partial charge in [0.1, 0.15) is 11.8 Å². The van der Waals surface area contributed by atoms with Crippen molar-refractivity contribution < 1.29 is 14.3 Å². The summed E-state index contributed by atoms with van der Waals surface area (Å²) >= 11 is 0.